The summed E-state index contributed by atoms with van der Waals surface area (Å²) in [4.78, 5) is 24.8. The number of rotatable bonds is 6. The number of carbonyl (C=O) groups excluding carboxylic acids is 1. The molecule has 5 nitrogen and oxygen atoms in total. The SMILES string of the molecule is CCN(CC)c1ccc2c(ccn2C(=O)CCC(=O)O)c1. The number of benzene rings is 1. The van der Waals surface area contributed by atoms with E-state index in [9.17, 15) is 9.59 Å². The zero-order valence-electron chi connectivity index (χ0n) is 12.4. The van der Waals surface area contributed by atoms with Gasteiger partial charge < -0.3 is 10.0 Å². The van der Waals surface area contributed by atoms with E-state index in [2.05, 4.69) is 24.8 Å². The van der Waals surface area contributed by atoms with Gasteiger partial charge in [0.25, 0.3) is 0 Å². The van der Waals surface area contributed by atoms with Crippen LogP contribution in [0.3, 0.4) is 0 Å². The second-order valence-corrected chi connectivity index (χ2v) is 4.89. The number of fused-ring (bicyclic) bond motifs is 1. The summed E-state index contributed by atoms with van der Waals surface area (Å²) in [5, 5.41) is 9.65. The van der Waals surface area contributed by atoms with Gasteiger partial charge in [0.1, 0.15) is 0 Å². The lowest BCUT2D eigenvalue weighted by Gasteiger charge is -2.21. The number of anilines is 1. The maximum absolute atomic E-state index is 12.0. The number of hydrogen-bond donors (Lipinski definition) is 1. The van der Waals surface area contributed by atoms with E-state index in [4.69, 9.17) is 5.11 Å². The van der Waals surface area contributed by atoms with Crippen molar-refractivity contribution in [2.75, 3.05) is 18.0 Å². The van der Waals surface area contributed by atoms with Crippen LogP contribution in [0.1, 0.15) is 31.5 Å². The number of aromatic nitrogens is 1. The van der Waals surface area contributed by atoms with Gasteiger partial charge in [-0.1, -0.05) is 0 Å². The topological polar surface area (TPSA) is 62.5 Å². The molecule has 1 N–H and O–H groups in total. The van der Waals surface area contributed by atoms with E-state index >= 15 is 0 Å². The third-order valence-corrected chi connectivity index (χ3v) is 3.62. The predicted molar refractivity (Wildman–Crippen MR) is 83.0 cm³/mol. The van der Waals surface area contributed by atoms with Gasteiger partial charge in [-0.05, 0) is 38.1 Å². The minimum absolute atomic E-state index is 0.0108. The van der Waals surface area contributed by atoms with E-state index in [1.165, 1.54) is 4.57 Å². The van der Waals surface area contributed by atoms with E-state index in [1.54, 1.807) is 6.20 Å². The van der Waals surface area contributed by atoms with Crippen LogP contribution in [0.5, 0.6) is 0 Å². The lowest BCUT2D eigenvalue weighted by molar-refractivity contribution is -0.136. The summed E-state index contributed by atoms with van der Waals surface area (Å²) < 4.78 is 1.53. The number of carbonyl (C=O) groups is 2. The normalized spacial score (nSPS) is 10.8. The summed E-state index contributed by atoms with van der Waals surface area (Å²) in [5.41, 5.74) is 1.95. The molecule has 0 fully saturated rings. The van der Waals surface area contributed by atoms with Crippen LogP contribution in [0.25, 0.3) is 10.9 Å². The van der Waals surface area contributed by atoms with Gasteiger partial charge >= 0.3 is 5.97 Å². The lowest BCUT2D eigenvalue weighted by atomic mass is 10.2. The monoisotopic (exact) mass is 288 g/mol. The molecule has 0 atom stereocenters. The van der Waals surface area contributed by atoms with Crippen molar-refractivity contribution in [1.29, 1.82) is 0 Å². The molecule has 0 unspecified atom stereocenters. The molecule has 0 amide bonds. The average molecular weight is 288 g/mol. The van der Waals surface area contributed by atoms with Crippen LogP contribution >= 0.6 is 0 Å². The minimum Gasteiger partial charge on any atom is -0.481 e. The first-order valence-electron chi connectivity index (χ1n) is 7.17. The smallest absolute Gasteiger partial charge is 0.303 e. The fourth-order valence-electron chi connectivity index (χ4n) is 2.47. The summed E-state index contributed by atoms with van der Waals surface area (Å²) in [5.74, 6) is -1.15. The number of aliphatic carboxylic acids is 1. The Morgan fingerprint density at radius 2 is 1.86 bits per heavy atom. The van der Waals surface area contributed by atoms with Crippen LogP contribution in [0.4, 0.5) is 5.69 Å². The van der Waals surface area contributed by atoms with E-state index < -0.39 is 5.97 Å². The zero-order chi connectivity index (χ0) is 15.4. The van der Waals surface area contributed by atoms with Crippen molar-refractivity contribution in [3.63, 3.8) is 0 Å². The molecule has 0 aliphatic carbocycles. The molecule has 2 rings (SSSR count). The molecule has 5 heteroatoms. The molecule has 1 aromatic carbocycles. The molecule has 0 aliphatic heterocycles. The van der Waals surface area contributed by atoms with Crippen molar-refractivity contribution in [1.82, 2.24) is 4.57 Å². The molecule has 0 bridgehead atoms. The second-order valence-electron chi connectivity index (χ2n) is 4.89. The van der Waals surface area contributed by atoms with Crippen LogP contribution < -0.4 is 4.90 Å². The summed E-state index contributed by atoms with van der Waals surface area (Å²) in [6.45, 7) is 6.07. The van der Waals surface area contributed by atoms with Gasteiger partial charge in [-0.2, -0.15) is 0 Å². The highest BCUT2D eigenvalue weighted by atomic mass is 16.4. The molecule has 0 saturated heterocycles. The first kappa shape index (κ1) is 15.1. The molecular weight excluding hydrogens is 268 g/mol. The highest BCUT2D eigenvalue weighted by Crippen LogP contribution is 2.23. The van der Waals surface area contributed by atoms with Crippen LogP contribution in [-0.2, 0) is 4.79 Å². The van der Waals surface area contributed by atoms with Crippen molar-refractivity contribution in [3.05, 3.63) is 30.5 Å². The van der Waals surface area contributed by atoms with Gasteiger partial charge in [-0.25, -0.2) is 0 Å². The predicted octanol–water partition coefficient (Wildman–Crippen LogP) is 2.99. The first-order valence-corrected chi connectivity index (χ1v) is 7.17. The van der Waals surface area contributed by atoms with Gasteiger partial charge in [0.05, 0.1) is 11.9 Å². The molecule has 1 heterocycles. The Morgan fingerprint density at radius 1 is 1.14 bits per heavy atom. The fourth-order valence-corrected chi connectivity index (χ4v) is 2.47. The van der Waals surface area contributed by atoms with Crippen molar-refractivity contribution < 1.29 is 14.7 Å². The maximum atomic E-state index is 12.0. The Morgan fingerprint density at radius 3 is 2.48 bits per heavy atom. The fraction of sp³-hybridized carbons (Fsp3) is 0.375. The Bertz CT molecular complexity index is 657. The third-order valence-electron chi connectivity index (χ3n) is 3.62. The van der Waals surface area contributed by atoms with Gasteiger partial charge in [-0.15, -0.1) is 0 Å². The highest BCUT2D eigenvalue weighted by Gasteiger charge is 2.12. The molecule has 0 radical (unpaired) electrons. The maximum Gasteiger partial charge on any atom is 0.303 e. The Labute approximate surface area is 123 Å². The number of carboxylic acids is 1. The standard InChI is InChI=1S/C16H20N2O3/c1-3-17(4-2)13-5-6-14-12(11-13)9-10-18(14)15(19)7-8-16(20)21/h5-6,9-11H,3-4,7-8H2,1-2H3,(H,20,21). The van der Waals surface area contributed by atoms with Gasteiger partial charge in [0.15, 0.2) is 0 Å². The van der Waals surface area contributed by atoms with E-state index in [0.29, 0.717) is 0 Å². The van der Waals surface area contributed by atoms with Gasteiger partial charge in [0, 0.05) is 36.8 Å². The van der Waals surface area contributed by atoms with Crippen LogP contribution in [0, 0.1) is 0 Å². The van der Waals surface area contributed by atoms with Crippen LogP contribution in [0.2, 0.25) is 0 Å². The van der Waals surface area contributed by atoms with Crippen molar-refractivity contribution in [2.24, 2.45) is 0 Å². The quantitative estimate of drug-likeness (QED) is 0.887. The van der Waals surface area contributed by atoms with E-state index in [1.807, 2.05) is 18.2 Å². The van der Waals surface area contributed by atoms with E-state index in [-0.39, 0.29) is 18.7 Å². The van der Waals surface area contributed by atoms with Crippen molar-refractivity contribution >= 4 is 28.5 Å². The Balaban J connectivity index is 2.28. The molecular formula is C16H20N2O3. The first-order chi connectivity index (χ1) is 10.1. The Kier molecular flexibility index (Phi) is 4.62. The minimum atomic E-state index is -0.955. The van der Waals surface area contributed by atoms with Gasteiger partial charge in [0.2, 0.25) is 5.91 Å². The summed E-state index contributed by atoms with van der Waals surface area (Å²) in [6.07, 6.45) is 1.58. The molecule has 0 spiro atoms. The molecule has 112 valence electrons. The number of hydrogen-bond acceptors (Lipinski definition) is 3. The Hall–Kier alpha value is -2.30. The molecule has 2 aromatic rings. The van der Waals surface area contributed by atoms with Crippen LogP contribution in [-0.4, -0.2) is 34.6 Å². The summed E-state index contributed by atoms with van der Waals surface area (Å²) in [7, 11) is 0. The average Bonchev–Trinajstić information content (AvgIpc) is 2.89. The molecule has 21 heavy (non-hydrogen) atoms. The summed E-state index contributed by atoms with van der Waals surface area (Å²) in [6, 6.07) is 7.86. The van der Waals surface area contributed by atoms with E-state index in [0.717, 1.165) is 29.7 Å². The molecule has 0 aliphatic rings. The lowest BCUT2D eigenvalue weighted by Crippen LogP contribution is -2.21. The molecule has 1 aromatic heterocycles. The number of nitrogens with zero attached hydrogens (tertiary/aromatic N) is 2. The zero-order valence-corrected chi connectivity index (χ0v) is 12.4. The second kappa shape index (κ2) is 6.43. The van der Waals surface area contributed by atoms with Crippen molar-refractivity contribution in [3.8, 4) is 0 Å². The van der Waals surface area contributed by atoms with Gasteiger partial charge in [-0.3, -0.25) is 14.2 Å². The highest BCUT2D eigenvalue weighted by molar-refractivity contribution is 5.94. The summed E-state index contributed by atoms with van der Waals surface area (Å²) >= 11 is 0. The largest absolute Gasteiger partial charge is 0.481 e. The number of carboxylic acid groups (broad SMARTS) is 1. The van der Waals surface area contributed by atoms with Crippen LogP contribution in [0.15, 0.2) is 30.5 Å². The molecule has 0 saturated carbocycles. The third kappa shape index (κ3) is 3.24. The van der Waals surface area contributed by atoms with Crippen molar-refractivity contribution in [2.45, 2.75) is 26.7 Å².